The number of thioether (sulfide) groups is 1. The topological polar surface area (TPSA) is 60.2 Å². The Kier molecular flexibility index (Phi) is 10.1. The first-order chi connectivity index (χ1) is 12.2. The van der Waals surface area contributed by atoms with E-state index in [1.807, 2.05) is 24.5 Å². The van der Waals surface area contributed by atoms with Gasteiger partial charge in [-0.05, 0) is 47.2 Å². The van der Waals surface area contributed by atoms with E-state index in [1.54, 1.807) is 37.0 Å². The van der Waals surface area contributed by atoms with Gasteiger partial charge in [0.2, 0.25) is 0 Å². The number of nitrogens with zero attached hydrogens (tertiary/aromatic N) is 2. The summed E-state index contributed by atoms with van der Waals surface area (Å²) in [5, 5.41) is 15.4. The van der Waals surface area contributed by atoms with Gasteiger partial charge in [0, 0.05) is 25.9 Å². The quantitative estimate of drug-likeness (QED) is 0.369. The van der Waals surface area contributed by atoms with Gasteiger partial charge >= 0.3 is 0 Å². The number of halogens is 2. The number of benzene rings is 2. The summed E-state index contributed by atoms with van der Waals surface area (Å²) >= 11 is 1.66. The third kappa shape index (κ3) is 6.84. The predicted molar refractivity (Wildman–Crippen MR) is 117 cm³/mol. The van der Waals surface area contributed by atoms with Crippen molar-refractivity contribution in [2.75, 3.05) is 13.3 Å². The van der Waals surface area contributed by atoms with Crippen molar-refractivity contribution in [3.05, 3.63) is 70.5 Å². The van der Waals surface area contributed by atoms with Crippen molar-refractivity contribution in [3.63, 3.8) is 0 Å². The summed E-state index contributed by atoms with van der Waals surface area (Å²) in [6, 6.07) is 14.4. The second-order valence-electron chi connectivity index (χ2n) is 5.44. The van der Waals surface area contributed by atoms with Gasteiger partial charge < -0.3 is 10.6 Å². The molecule has 2 aromatic rings. The molecule has 26 heavy (non-hydrogen) atoms. The molecule has 0 bridgehead atoms. The van der Waals surface area contributed by atoms with Crippen LogP contribution in [0.5, 0.6) is 0 Å². The monoisotopic (exact) mass is 484 g/mol. The van der Waals surface area contributed by atoms with Crippen LogP contribution in [0.2, 0.25) is 0 Å². The van der Waals surface area contributed by atoms with Crippen LogP contribution in [0.3, 0.4) is 0 Å². The van der Waals surface area contributed by atoms with Gasteiger partial charge in [0.15, 0.2) is 5.96 Å². The average Bonchev–Trinajstić information content (AvgIpc) is 2.63. The van der Waals surface area contributed by atoms with Gasteiger partial charge in [-0.1, -0.05) is 18.2 Å². The van der Waals surface area contributed by atoms with E-state index in [4.69, 9.17) is 5.26 Å². The molecule has 2 rings (SSSR count). The minimum absolute atomic E-state index is 0. The van der Waals surface area contributed by atoms with E-state index in [2.05, 4.69) is 21.7 Å². The third-order valence-electron chi connectivity index (χ3n) is 3.65. The van der Waals surface area contributed by atoms with Crippen LogP contribution >= 0.6 is 35.7 Å². The van der Waals surface area contributed by atoms with E-state index in [9.17, 15) is 4.39 Å². The Labute approximate surface area is 175 Å². The van der Waals surface area contributed by atoms with Crippen molar-refractivity contribution in [2.45, 2.75) is 18.8 Å². The van der Waals surface area contributed by atoms with Crippen LogP contribution in [-0.2, 0) is 18.8 Å². The fourth-order valence-electron chi connectivity index (χ4n) is 2.39. The molecular weight excluding hydrogens is 462 g/mol. The summed E-state index contributed by atoms with van der Waals surface area (Å²) in [6.07, 6.45) is 2.00. The fourth-order valence-corrected chi connectivity index (χ4v) is 2.97. The number of rotatable bonds is 6. The zero-order valence-corrected chi connectivity index (χ0v) is 17.9. The lowest BCUT2D eigenvalue weighted by Crippen LogP contribution is -2.36. The largest absolute Gasteiger partial charge is 0.352 e. The highest BCUT2D eigenvalue weighted by Gasteiger charge is 2.06. The molecule has 0 heterocycles. The number of nitriles is 1. The third-order valence-corrected chi connectivity index (χ3v) is 4.25. The van der Waals surface area contributed by atoms with Gasteiger partial charge in [0.05, 0.1) is 11.6 Å². The summed E-state index contributed by atoms with van der Waals surface area (Å²) in [7, 11) is 1.70. The lowest BCUT2D eigenvalue weighted by molar-refractivity contribution is 0.625. The van der Waals surface area contributed by atoms with Crippen LogP contribution in [-0.4, -0.2) is 19.3 Å². The molecule has 0 atom stereocenters. The molecule has 0 fully saturated rings. The van der Waals surface area contributed by atoms with Crippen molar-refractivity contribution >= 4 is 41.7 Å². The van der Waals surface area contributed by atoms with Gasteiger partial charge in [-0.3, -0.25) is 4.99 Å². The Bertz CT molecular complexity index is 789. The van der Waals surface area contributed by atoms with Crippen molar-refractivity contribution in [1.82, 2.24) is 10.6 Å². The van der Waals surface area contributed by atoms with Crippen molar-refractivity contribution < 1.29 is 4.39 Å². The second kappa shape index (κ2) is 11.8. The van der Waals surface area contributed by atoms with Crippen molar-refractivity contribution in [1.29, 1.82) is 5.26 Å². The predicted octanol–water partition coefficient (Wildman–Crippen LogP) is 4.04. The fraction of sp³-hybridized carbons (Fsp3) is 0.263. The molecule has 0 aromatic heterocycles. The number of hydrogen-bond donors (Lipinski definition) is 2. The molecule has 0 amide bonds. The lowest BCUT2D eigenvalue weighted by Gasteiger charge is -2.14. The smallest absolute Gasteiger partial charge is 0.191 e. The maximum absolute atomic E-state index is 13.4. The molecule has 138 valence electrons. The molecule has 7 heteroatoms. The SMILES string of the molecule is CN=C(NCc1cccc(C#N)c1)NCc1ccc(F)cc1CSC.I. The summed E-state index contributed by atoms with van der Waals surface area (Å²) < 4.78 is 13.4. The molecule has 0 aliphatic heterocycles. The first kappa shape index (κ1) is 22.3. The minimum Gasteiger partial charge on any atom is -0.352 e. The molecular formula is C19H22FIN4S. The van der Waals surface area contributed by atoms with Crippen LogP contribution < -0.4 is 10.6 Å². The van der Waals surface area contributed by atoms with E-state index in [-0.39, 0.29) is 29.8 Å². The Morgan fingerprint density at radius 3 is 2.62 bits per heavy atom. The zero-order chi connectivity index (χ0) is 18.1. The average molecular weight is 484 g/mol. The first-order valence-corrected chi connectivity index (χ1v) is 9.25. The molecule has 2 N–H and O–H groups in total. The maximum Gasteiger partial charge on any atom is 0.191 e. The van der Waals surface area contributed by atoms with Crippen LogP contribution in [0.25, 0.3) is 0 Å². The van der Waals surface area contributed by atoms with E-state index in [1.165, 1.54) is 6.07 Å². The van der Waals surface area contributed by atoms with E-state index < -0.39 is 0 Å². The highest BCUT2D eigenvalue weighted by molar-refractivity contribution is 14.0. The Morgan fingerprint density at radius 2 is 1.92 bits per heavy atom. The Morgan fingerprint density at radius 1 is 1.15 bits per heavy atom. The molecule has 0 saturated heterocycles. The molecule has 4 nitrogen and oxygen atoms in total. The summed E-state index contributed by atoms with van der Waals surface area (Å²) in [5.41, 5.74) is 3.67. The van der Waals surface area contributed by atoms with Gasteiger partial charge in [0.25, 0.3) is 0 Å². The summed E-state index contributed by atoms with van der Waals surface area (Å²) in [4.78, 5) is 4.20. The summed E-state index contributed by atoms with van der Waals surface area (Å²) in [6.45, 7) is 1.13. The second-order valence-corrected chi connectivity index (χ2v) is 6.30. The van der Waals surface area contributed by atoms with Gasteiger partial charge in [-0.2, -0.15) is 17.0 Å². The molecule has 0 spiro atoms. The molecule has 0 aliphatic carbocycles. The maximum atomic E-state index is 13.4. The van der Waals surface area contributed by atoms with Crippen molar-refractivity contribution in [2.24, 2.45) is 4.99 Å². The number of hydrogen-bond acceptors (Lipinski definition) is 3. The van der Waals surface area contributed by atoms with Crippen molar-refractivity contribution in [3.8, 4) is 6.07 Å². The Balaban J connectivity index is 0.00000338. The van der Waals surface area contributed by atoms with Gasteiger partial charge in [-0.25, -0.2) is 4.39 Å². The van der Waals surface area contributed by atoms with Crippen LogP contribution in [0, 0.1) is 17.1 Å². The number of nitrogens with one attached hydrogen (secondary N) is 2. The van der Waals surface area contributed by atoms with E-state index >= 15 is 0 Å². The molecule has 0 unspecified atom stereocenters. The van der Waals surface area contributed by atoms with E-state index in [0.717, 1.165) is 22.4 Å². The Hall–Kier alpha value is -1.79. The number of aliphatic imine (C=N–C) groups is 1. The van der Waals surface area contributed by atoms with Crippen LogP contribution in [0.1, 0.15) is 22.3 Å². The lowest BCUT2D eigenvalue weighted by atomic mass is 10.1. The summed E-state index contributed by atoms with van der Waals surface area (Å²) in [5.74, 6) is 1.20. The van der Waals surface area contributed by atoms with Gasteiger partial charge in [0.1, 0.15) is 5.82 Å². The molecule has 0 aliphatic rings. The zero-order valence-electron chi connectivity index (χ0n) is 14.8. The number of guanidine groups is 1. The standard InChI is InChI=1S/C19H21FN4S.HI/c1-22-19(23-11-15-5-3-4-14(8-15)10-21)24-12-16-6-7-18(20)9-17(16)13-25-2;/h3-9H,11-13H2,1-2H3,(H2,22,23,24);1H. The first-order valence-electron chi connectivity index (χ1n) is 7.86. The molecule has 0 saturated carbocycles. The minimum atomic E-state index is -0.215. The van der Waals surface area contributed by atoms with E-state index in [0.29, 0.717) is 24.6 Å². The van der Waals surface area contributed by atoms with Gasteiger partial charge in [-0.15, -0.1) is 24.0 Å². The molecule has 0 radical (unpaired) electrons. The van der Waals surface area contributed by atoms with Crippen LogP contribution in [0.15, 0.2) is 47.5 Å². The highest BCUT2D eigenvalue weighted by Crippen LogP contribution is 2.16. The van der Waals surface area contributed by atoms with Crippen LogP contribution in [0.4, 0.5) is 4.39 Å². The normalized spacial score (nSPS) is 10.6. The molecule has 2 aromatic carbocycles. The highest BCUT2D eigenvalue weighted by atomic mass is 127.